The number of amides is 1. The molecule has 0 spiro atoms. The number of piperidine rings is 1. The van der Waals surface area contributed by atoms with E-state index >= 15 is 0 Å². The van der Waals surface area contributed by atoms with Gasteiger partial charge in [-0.05, 0) is 74.2 Å². The highest BCUT2D eigenvalue weighted by molar-refractivity contribution is 6.08. The lowest BCUT2D eigenvalue weighted by Crippen LogP contribution is -2.44. The van der Waals surface area contributed by atoms with Crippen LogP contribution in [0.4, 0.5) is 5.69 Å². The number of likely N-dealkylation sites (N-methyl/N-ethyl adjacent to an activating group) is 1. The summed E-state index contributed by atoms with van der Waals surface area (Å²) in [5.74, 6) is 0.324. The van der Waals surface area contributed by atoms with Gasteiger partial charge in [-0.2, -0.15) is 0 Å². The van der Waals surface area contributed by atoms with Gasteiger partial charge in [0.2, 0.25) is 5.91 Å². The molecule has 2 aliphatic heterocycles. The molecule has 4 heteroatoms. The largest absolute Gasteiger partial charge is 0.373 e. The number of ether oxygens (including phenoxy) is 1. The Bertz CT molecular complexity index is 965. The van der Waals surface area contributed by atoms with E-state index in [4.69, 9.17) is 4.74 Å². The third kappa shape index (κ3) is 3.48. The lowest BCUT2D eigenvalue weighted by atomic mass is 9.68. The molecule has 1 aliphatic carbocycles. The first-order valence-corrected chi connectivity index (χ1v) is 12.3. The number of anilines is 1. The highest BCUT2D eigenvalue weighted by Crippen LogP contribution is 2.51. The summed E-state index contributed by atoms with van der Waals surface area (Å²) in [4.78, 5) is 17.8. The number of unbranched alkanes of at least 4 members (excludes halogenated alkanes) is 1. The van der Waals surface area contributed by atoms with Crippen molar-refractivity contribution in [2.45, 2.75) is 62.4 Å². The quantitative estimate of drug-likeness (QED) is 0.574. The molecule has 2 aromatic rings. The second kappa shape index (κ2) is 8.64. The topological polar surface area (TPSA) is 32.8 Å². The zero-order chi connectivity index (χ0) is 22.2. The van der Waals surface area contributed by atoms with Gasteiger partial charge < -0.3 is 14.5 Å². The molecule has 32 heavy (non-hydrogen) atoms. The predicted octanol–water partition coefficient (Wildman–Crippen LogP) is 5.05. The second-order valence-corrected chi connectivity index (χ2v) is 9.97. The van der Waals surface area contributed by atoms with Crippen molar-refractivity contribution >= 4 is 11.6 Å². The Labute approximate surface area is 192 Å². The maximum Gasteiger partial charge on any atom is 0.237 e. The van der Waals surface area contributed by atoms with Crippen LogP contribution in [0.3, 0.4) is 0 Å². The fraction of sp³-hybridized carbons (Fsp3) is 0.536. The van der Waals surface area contributed by atoms with Crippen LogP contribution in [0.2, 0.25) is 0 Å². The van der Waals surface area contributed by atoms with Gasteiger partial charge in [-0.25, -0.2) is 0 Å². The van der Waals surface area contributed by atoms with Crippen molar-refractivity contribution in [3.05, 3.63) is 65.2 Å². The molecular weight excluding hydrogens is 396 g/mol. The number of benzene rings is 2. The lowest BCUT2D eigenvalue weighted by Gasteiger charge is -2.41. The van der Waals surface area contributed by atoms with Crippen LogP contribution in [0.1, 0.15) is 61.6 Å². The van der Waals surface area contributed by atoms with Gasteiger partial charge >= 0.3 is 0 Å². The van der Waals surface area contributed by atoms with Crippen molar-refractivity contribution in [2.24, 2.45) is 0 Å². The molecule has 0 aromatic heterocycles. The number of rotatable bonds is 7. The maximum atomic E-state index is 13.3. The van der Waals surface area contributed by atoms with E-state index < -0.39 is 0 Å². The molecule has 1 unspecified atom stereocenters. The van der Waals surface area contributed by atoms with Gasteiger partial charge in [0.05, 0.1) is 11.0 Å². The third-order valence-corrected chi connectivity index (χ3v) is 8.41. The average molecular weight is 433 g/mol. The summed E-state index contributed by atoms with van der Waals surface area (Å²) in [6.07, 6.45) is 8.58. The van der Waals surface area contributed by atoms with E-state index in [0.29, 0.717) is 5.91 Å². The Morgan fingerprint density at radius 1 is 0.969 bits per heavy atom. The molecule has 1 atom stereocenters. The molecule has 0 radical (unpaired) electrons. The Kier molecular flexibility index (Phi) is 5.85. The number of nitrogens with zero attached hydrogens (tertiary/aromatic N) is 2. The van der Waals surface area contributed by atoms with Gasteiger partial charge in [0.15, 0.2) is 0 Å². The van der Waals surface area contributed by atoms with Gasteiger partial charge in [0.25, 0.3) is 0 Å². The summed E-state index contributed by atoms with van der Waals surface area (Å²) in [5, 5.41) is 0. The molecule has 0 saturated carbocycles. The van der Waals surface area contributed by atoms with Gasteiger partial charge in [-0.15, -0.1) is 0 Å². The summed E-state index contributed by atoms with van der Waals surface area (Å²) in [5.41, 5.74) is 4.81. The van der Waals surface area contributed by atoms with Crippen molar-refractivity contribution < 1.29 is 9.53 Å². The number of hydrogen-bond donors (Lipinski definition) is 0. The van der Waals surface area contributed by atoms with E-state index in [0.717, 1.165) is 76.7 Å². The number of likely N-dealkylation sites (tertiary alicyclic amines) is 1. The number of carbonyl (C=O) groups is 1. The van der Waals surface area contributed by atoms with Crippen LogP contribution >= 0.6 is 0 Å². The fourth-order valence-electron chi connectivity index (χ4n) is 6.59. The number of aryl methyl sites for hydroxylation is 1. The van der Waals surface area contributed by atoms with E-state index in [2.05, 4.69) is 53.4 Å². The molecule has 0 bridgehead atoms. The van der Waals surface area contributed by atoms with Crippen LogP contribution in [0.15, 0.2) is 48.5 Å². The number of carbonyl (C=O) groups excluding carboxylic acids is 1. The first-order valence-electron chi connectivity index (χ1n) is 12.3. The molecule has 0 N–H and O–H groups in total. The Morgan fingerprint density at radius 2 is 1.75 bits per heavy atom. The van der Waals surface area contributed by atoms with Gasteiger partial charge in [-0.3, -0.25) is 4.79 Å². The van der Waals surface area contributed by atoms with Gasteiger partial charge in [0.1, 0.15) is 0 Å². The zero-order valence-electron chi connectivity index (χ0n) is 19.6. The zero-order valence-corrected chi connectivity index (χ0v) is 19.6. The SMILES string of the molecule is COC1(c2ccccc2)CCN(CCCCC23CCCc4cccc(c42)N(C)C3=O)CC1. The van der Waals surface area contributed by atoms with E-state index in [1.807, 2.05) is 19.1 Å². The standard InChI is InChI=1S/C28H36N2O2/c1-29-24-14-8-10-22-11-9-16-27(25(22)24,26(29)31)15-6-7-19-30-20-17-28(32-2,18-21-30)23-12-4-3-5-13-23/h3-5,8,10,12-14H,6-7,9,11,15-21H2,1-2H3. The minimum atomic E-state index is -0.265. The molecule has 2 heterocycles. The molecule has 3 aliphatic rings. The maximum absolute atomic E-state index is 13.3. The monoisotopic (exact) mass is 432 g/mol. The van der Waals surface area contributed by atoms with Crippen LogP contribution in [0.5, 0.6) is 0 Å². The van der Waals surface area contributed by atoms with Crippen molar-refractivity contribution in [1.82, 2.24) is 4.90 Å². The molecular formula is C28H36N2O2. The minimum Gasteiger partial charge on any atom is -0.373 e. The van der Waals surface area contributed by atoms with Crippen LogP contribution in [-0.4, -0.2) is 44.6 Å². The molecule has 4 nitrogen and oxygen atoms in total. The fourth-order valence-corrected chi connectivity index (χ4v) is 6.59. The van der Waals surface area contributed by atoms with Crippen LogP contribution in [0, 0.1) is 0 Å². The number of methoxy groups -OCH3 is 1. The molecule has 1 fully saturated rings. The Morgan fingerprint density at radius 3 is 2.50 bits per heavy atom. The molecule has 2 aromatic carbocycles. The molecule has 5 rings (SSSR count). The average Bonchev–Trinajstić information content (AvgIpc) is 3.07. The molecule has 170 valence electrons. The van der Waals surface area contributed by atoms with E-state index in [1.54, 1.807) is 0 Å². The Hall–Kier alpha value is -2.17. The smallest absolute Gasteiger partial charge is 0.237 e. The van der Waals surface area contributed by atoms with E-state index in [9.17, 15) is 4.79 Å². The van der Waals surface area contributed by atoms with Crippen LogP contribution in [0.25, 0.3) is 0 Å². The van der Waals surface area contributed by atoms with E-state index in [1.165, 1.54) is 16.7 Å². The summed E-state index contributed by atoms with van der Waals surface area (Å²) in [7, 11) is 3.81. The summed E-state index contributed by atoms with van der Waals surface area (Å²) in [6, 6.07) is 17.2. The van der Waals surface area contributed by atoms with Gasteiger partial charge in [0, 0.05) is 32.9 Å². The van der Waals surface area contributed by atoms with Crippen molar-refractivity contribution in [2.75, 3.05) is 38.7 Å². The first kappa shape index (κ1) is 21.7. The predicted molar refractivity (Wildman–Crippen MR) is 129 cm³/mol. The summed E-state index contributed by atoms with van der Waals surface area (Å²) >= 11 is 0. The highest BCUT2D eigenvalue weighted by atomic mass is 16.5. The highest BCUT2D eigenvalue weighted by Gasteiger charge is 2.51. The third-order valence-electron chi connectivity index (χ3n) is 8.41. The molecule has 1 amide bonds. The summed E-state index contributed by atoms with van der Waals surface area (Å²) < 4.78 is 6.04. The van der Waals surface area contributed by atoms with Crippen LogP contribution in [-0.2, 0) is 27.0 Å². The normalized spacial score (nSPS) is 24.6. The second-order valence-electron chi connectivity index (χ2n) is 9.97. The minimum absolute atomic E-state index is 0.139. The van der Waals surface area contributed by atoms with Gasteiger partial charge in [-0.1, -0.05) is 48.9 Å². The van der Waals surface area contributed by atoms with Crippen LogP contribution < -0.4 is 4.90 Å². The van der Waals surface area contributed by atoms with Crippen molar-refractivity contribution in [3.63, 3.8) is 0 Å². The lowest BCUT2D eigenvalue weighted by molar-refractivity contribution is -0.123. The Balaban J connectivity index is 1.18. The first-order chi connectivity index (χ1) is 15.6. The summed E-state index contributed by atoms with van der Waals surface area (Å²) in [6.45, 7) is 3.26. The van der Waals surface area contributed by atoms with Crippen molar-refractivity contribution in [1.29, 1.82) is 0 Å². The number of hydrogen-bond acceptors (Lipinski definition) is 3. The van der Waals surface area contributed by atoms with Crippen molar-refractivity contribution in [3.8, 4) is 0 Å². The molecule has 1 saturated heterocycles. The van der Waals surface area contributed by atoms with E-state index in [-0.39, 0.29) is 11.0 Å².